The van der Waals surface area contributed by atoms with Crippen LogP contribution in [0.2, 0.25) is 0 Å². The Morgan fingerprint density at radius 1 is 1.14 bits per heavy atom. The molecule has 0 unspecified atom stereocenters. The molecule has 1 fully saturated rings. The fourth-order valence-electron chi connectivity index (χ4n) is 3.15. The average Bonchev–Trinajstić information content (AvgIpc) is 2.99. The van der Waals surface area contributed by atoms with Gasteiger partial charge in [-0.3, -0.25) is 0 Å². The summed E-state index contributed by atoms with van der Waals surface area (Å²) in [6.45, 7) is 5.44. The number of amides is 2. The van der Waals surface area contributed by atoms with Gasteiger partial charge in [-0.1, -0.05) is 0 Å². The first-order valence-corrected chi connectivity index (χ1v) is 7.64. The smallest absolute Gasteiger partial charge is 0.319 e. The van der Waals surface area contributed by atoms with E-state index in [1.165, 1.54) is 12.8 Å². The normalized spacial score (nSPS) is 17.9. The summed E-state index contributed by atoms with van der Waals surface area (Å²) in [6.07, 6.45) is 3.26. The number of hydrogen-bond donors (Lipinski definition) is 0. The number of hydrogen-bond acceptors (Lipinski definition) is 4. The maximum Gasteiger partial charge on any atom is 0.319 e. The number of carbonyl (C=O) groups is 1. The first-order valence-electron chi connectivity index (χ1n) is 7.64. The van der Waals surface area contributed by atoms with Crippen LogP contribution in [0.5, 0.6) is 0 Å². The molecule has 114 valence electrons. The molecule has 1 saturated heterocycles. The van der Waals surface area contributed by atoms with Crippen LogP contribution in [0.4, 0.5) is 10.6 Å². The lowest BCUT2D eigenvalue weighted by atomic mass is 10.1. The third-order valence-electron chi connectivity index (χ3n) is 4.21. The minimum Gasteiger partial charge on any atom is -0.356 e. The fraction of sp³-hybridized carbons (Fsp3) is 0.667. The molecule has 2 amide bonds. The van der Waals surface area contributed by atoms with Crippen molar-refractivity contribution in [3.05, 3.63) is 17.1 Å². The lowest BCUT2D eigenvalue weighted by molar-refractivity contribution is 0.165. The highest BCUT2D eigenvalue weighted by Crippen LogP contribution is 2.29. The molecule has 0 spiro atoms. The van der Waals surface area contributed by atoms with Gasteiger partial charge < -0.3 is 14.7 Å². The van der Waals surface area contributed by atoms with Gasteiger partial charge in [0.1, 0.15) is 11.6 Å². The zero-order valence-corrected chi connectivity index (χ0v) is 13.1. The van der Waals surface area contributed by atoms with E-state index in [9.17, 15) is 4.79 Å². The zero-order valence-electron chi connectivity index (χ0n) is 13.1. The van der Waals surface area contributed by atoms with Crippen LogP contribution in [-0.4, -0.2) is 59.5 Å². The second-order valence-corrected chi connectivity index (χ2v) is 6.06. The van der Waals surface area contributed by atoms with Gasteiger partial charge in [0.2, 0.25) is 0 Å². The fourth-order valence-corrected chi connectivity index (χ4v) is 3.15. The first-order chi connectivity index (χ1) is 10.1. The number of aromatic nitrogens is 2. The molecule has 2 aliphatic heterocycles. The molecule has 0 aromatic carbocycles. The number of anilines is 1. The summed E-state index contributed by atoms with van der Waals surface area (Å²) < 4.78 is 0. The van der Waals surface area contributed by atoms with Gasteiger partial charge in [0.25, 0.3) is 0 Å². The van der Waals surface area contributed by atoms with Gasteiger partial charge in [0.05, 0.1) is 12.2 Å². The largest absolute Gasteiger partial charge is 0.356 e. The second-order valence-electron chi connectivity index (χ2n) is 6.06. The maximum atomic E-state index is 12.2. The van der Waals surface area contributed by atoms with Crippen LogP contribution >= 0.6 is 0 Å². The van der Waals surface area contributed by atoms with Crippen LogP contribution in [0, 0.1) is 6.92 Å². The van der Waals surface area contributed by atoms with Gasteiger partial charge in [0, 0.05) is 45.7 Å². The SMILES string of the molecule is Cc1nc2c(c(N3CCCC3)n1)CN(C(=O)N(C)C)CC2. The Hall–Kier alpha value is -1.85. The lowest BCUT2D eigenvalue weighted by Gasteiger charge is -2.33. The Morgan fingerprint density at radius 2 is 1.86 bits per heavy atom. The van der Waals surface area contributed by atoms with Gasteiger partial charge in [0.15, 0.2) is 0 Å². The Balaban J connectivity index is 1.93. The van der Waals surface area contributed by atoms with Gasteiger partial charge in [-0.2, -0.15) is 0 Å². The number of fused-ring (bicyclic) bond motifs is 1. The molecule has 3 rings (SSSR count). The van der Waals surface area contributed by atoms with E-state index in [-0.39, 0.29) is 6.03 Å². The number of carbonyl (C=O) groups excluding carboxylic acids is 1. The van der Waals surface area contributed by atoms with Gasteiger partial charge in [-0.05, 0) is 19.8 Å². The lowest BCUT2D eigenvalue weighted by Crippen LogP contribution is -2.43. The Morgan fingerprint density at radius 3 is 2.52 bits per heavy atom. The van der Waals surface area contributed by atoms with Crippen molar-refractivity contribution in [3.63, 3.8) is 0 Å². The zero-order chi connectivity index (χ0) is 15.0. The molecule has 21 heavy (non-hydrogen) atoms. The first kappa shape index (κ1) is 14.1. The third kappa shape index (κ3) is 2.66. The molecule has 1 aromatic rings. The molecule has 0 bridgehead atoms. The summed E-state index contributed by atoms with van der Waals surface area (Å²) in [6, 6.07) is 0.0635. The molecular formula is C15H23N5O. The molecule has 0 saturated carbocycles. The third-order valence-corrected chi connectivity index (χ3v) is 4.21. The van der Waals surface area contributed by atoms with Crippen molar-refractivity contribution in [3.8, 4) is 0 Å². The van der Waals surface area contributed by atoms with Crippen LogP contribution in [-0.2, 0) is 13.0 Å². The van der Waals surface area contributed by atoms with Crippen molar-refractivity contribution in [2.75, 3.05) is 38.6 Å². The topological polar surface area (TPSA) is 52.6 Å². The number of rotatable bonds is 1. The van der Waals surface area contributed by atoms with E-state index in [1.54, 1.807) is 19.0 Å². The number of aryl methyl sites for hydroxylation is 1. The van der Waals surface area contributed by atoms with Crippen molar-refractivity contribution in [1.29, 1.82) is 0 Å². The van der Waals surface area contributed by atoms with Crippen molar-refractivity contribution in [2.24, 2.45) is 0 Å². The molecule has 0 N–H and O–H groups in total. The summed E-state index contributed by atoms with van der Waals surface area (Å²) >= 11 is 0. The van der Waals surface area contributed by atoms with Crippen molar-refractivity contribution in [1.82, 2.24) is 19.8 Å². The minimum absolute atomic E-state index is 0.0635. The molecular weight excluding hydrogens is 266 g/mol. The Labute approximate surface area is 125 Å². The van der Waals surface area contributed by atoms with Crippen LogP contribution in [0.1, 0.15) is 29.9 Å². The quantitative estimate of drug-likeness (QED) is 0.785. The highest BCUT2D eigenvalue weighted by Gasteiger charge is 2.28. The summed E-state index contributed by atoms with van der Waals surface area (Å²) in [5.74, 6) is 1.88. The highest BCUT2D eigenvalue weighted by atomic mass is 16.2. The Bertz CT molecular complexity index is 551. The predicted octanol–water partition coefficient (Wildman–Crippen LogP) is 1.42. The molecule has 6 heteroatoms. The van der Waals surface area contributed by atoms with Gasteiger partial charge in [-0.15, -0.1) is 0 Å². The van der Waals surface area contributed by atoms with E-state index >= 15 is 0 Å². The summed E-state index contributed by atoms with van der Waals surface area (Å²) in [5.41, 5.74) is 2.26. The highest BCUT2D eigenvalue weighted by molar-refractivity contribution is 5.74. The van der Waals surface area contributed by atoms with E-state index in [4.69, 9.17) is 0 Å². The molecule has 0 aliphatic carbocycles. The van der Waals surface area contributed by atoms with Crippen molar-refractivity contribution in [2.45, 2.75) is 32.7 Å². The van der Waals surface area contributed by atoms with E-state index in [2.05, 4.69) is 14.9 Å². The standard InChI is InChI=1S/C15H23N5O/c1-11-16-13-6-9-20(15(21)18(2)3)10-12(13)14(17-11)19-7-4-5-8-19/h4-10H2,1-3H3. The van der Waals surface area contributed by atoms with E-state index in [0.717, 1.165) is 49.0 Å². The maximum absolute atomic E-state index is 12.2. The van der Waals surface area contributed by atoms with Crippen LogP contribution in [0.25, 0.3) is 0 Å². The van der Waals surface area contributed by atoms with E-state index < -0.39 is 0 Å². The van der Waals surface area contributed by atoms with E-state index in [0.29, 0.717) is 6.54 Å². The van der Waals surface area contributed by atoms with Crippen molar-refractivity contribution >= 4 is 11.8 Å². The monoisotopic (exact) mass is 289 g/mol. The molecule has 6 nitrogen and oxygen atoms in total. The number of nitrogens with zero attached hydrogens (tertiary/aromatic N) is 5. The summed E-state index contributed by atoms with van der Waals surface area (Å²) in [5, 5.41) is 0. The number of urea groups is 1. The average molecular weight is 289 g/mol. The molecule has 3 heterocycles. The molecule has 0 radical (unpaired) electrons. The van der Waals surface area contributed by atoms with E-state index in [1.807, 2.05) is 11.8 Å². The molecule has 1 aromatic heterocycles. The predicted molar refractivity (Wildman–Crippen MR) is 81.4 cm³/mol. The molecule has 2 aliphatic rings. The summed E-state index contributed by atoms with van der Waals surface area (Å²) in [7, 11) is 3.59. The van der Waals surface area contributed by atoms with Crippen LogP contribution in [0.3, 0.4) is 0 Å². The summed E-state index contributed by atoms with van der Waals surface area (Å²) in [4.78, 5) is 27.3. The van der Waals surface area contributed by atoms with Crippen LogP contribution in [0.15, 0.2) is 0 Å². The van der Waals surface area contributed by atoms with Crippen LogP contribution < -0.4 is 4.90 Å². The van der Waals surface area contributed by atoms with Crippen molar-refractivity contribution < 1.29 is 4.79 Å². The van der Waals surface area contributed by atoms with Gasteiger partial charge in [-0.25, -0.2) is 14.8 Å². The Kier molecular flexibility index (Phi) is 3.69. The molecule has 0 atom stereocenters. The van der Waals surface area contributed by atoms with Gasteiger partial charge >= 0.3 is 6.03 Å². The second kappa shape index (κ2) is 5.50. The minimum atomic E-state index is 0.0635.